The van der Waals surface area contributed by atoms with Gasteiger partial charge < -0.3 is 0 Å². The minimum Gasteiger partial charge on any atom is -0.294 e. The first-order chi connectivity index (χ1) is 13.4. The molecule has 2 aromatic rings. The van der Waals surface area contributed by atoms with Crippen molar-refractivity contribution in [1.29, 1.82) is 0 Å². The van der Waals surface area contributed by atoms with Gasteiger partial charge in [-0.3, -0.25) is 14.6 Å². The summed E-state index contributed by atoms with van der Waals surface area (Å²) in [7, 11) is 2.06. The number of rotatable bonds is 4. The van der Waals surface area contributed by atoms with E-state index in [0.717, 1.165) is 44.4 Å². The van der Waals surface area contributed by atoms with Gasteiger partial charge in [-0.05, 0) is 30.3 Å². The van der Waals surface area contributed by atoms with Gasteiger partial charge in [0.25, 0.3) is 5.91 Å². The van der Waals surface area contributed by atoms with Crippen LogP contribution in [0.1, 0.15) is 10.4 Å². The van der Waals surface area contributed by atoms with E-state index in [4.69, 9.17) is 0 Å². The number of carbonyl (C=O) groups excluding carboxylic acids is 2. The molecule has 2 aromatic carbocycles. The Morgan fingerprint density at radius 2 is 1.55 bits per heavy atom. The molecule has 0 aliphatic carbocycles. The van der Waals surface area contributed by atoms with Crippen LogP contribution in [-0.2, 0) is 0 Å². The van der Waals surface area contributed by atoms with E-state index in [1.807, 2.05) is 0 Å². The molecule has 0 radical (unpaired) electrons. The summed E-state index contributed by atoms with van der Waals surface area (Å²) in [4.78, 5) is 25.8. The average Bonchev–Trinajstić information content (AvgIpc) is 2.64. The molecule has 29 heavy (non-hydrogen) atoms. The number of imide groups is 1. The highest BCUT2D eigenvalue weighted by molar-refractivity contribution is 7.99. The number of carbonyl (C=O) groups is 2. The van der Waals surface area contributed by atoms with Crippen molar-refractivity contribution in [2.75, 3.05) is 24.7 Å². The molecule has 0 N–H and O–H groups in total. The third-order valence-corrected chi connectivity index (χ3v) is 4.80. The van der Waals surface area contributed by atoms with Gasteiger partial charge in [-0.2, -0.15) is 13.2 Å². The first-order valence-corrected chi connectivity index (χ1v) is 8.89. The minimum absolute atomic E-state index is 0.0118. The average molecular weight is 436 g/mol. The molecule has 11 heteroatoms. The molecule has 0 heterocycles. The topological polar surface area (TPSA) is 40.6 Å². The molecule has 4 nitrogen and oxygen atoms in total. The Hall–Kier alpha value is -2.69. The van der Waals surface area contributed by atoms with Crippen LogP contribution in [0.15, 0.2) is 41.3 Å². The molecule has 0 bridgehead atoms. The van der Waals surface area contributed by atoms with Gasteiger partial charge in [0, 0.05) is 19.0 Å². The molecule has 0 atom stereocenters. The highest BCUT2D eigenvalue weighted by Crippen LogP contribution is 2.30. The van der Waals surface area contributed by atoms with E-state index in [0.29, 0.717) is 21.6 Å². The molecule has 0 aromatic heterocycles. The second-order valence-corrected chi connectivity index (χ2v) is 6.87. The molecule has 0 saturated carbocycles. The zero-order chi connectivity index (χ0) is 21.9. The Labute approximate surface area is 166 Å². The first-order valence-electron chi connectivity index (χ1n) is 7.91. The zero-order valence-corrected chi connectivity index (χ0v) is 15.9. The number of alkyl halides is 3. The second-order valence-electron chi connectivity index (χ2n) is 5.82. The summed E-state index contributed by atoms with van der Waals surface area (Å²) < 4.78 is 78.6. The smallest absolute Gasteiger partial charge is 0.294 e. The van der Waals surface area contributed by atoms with E-state index in [1.54, 1.807) is 0 Å². The SMILES string of the molecule is CN(C(=O)c1c(F)cccc1F)C(=O)N(C)c1ccc(SCC(F)(F)F)cc1F. The fourth-order valence-corrected chi connectivity index (χ4v) is 2.98. The van der Waals surface area contributed by atoms with Crippen LogP contribution >= 0.6 is 11.8 Å². The summed E-state index contributed by atoms with van der Waals surface area (Å²) in [5.74, 6) is -5.85. The molecule has 0 aliphatic rings. The van der Waals surface area contributed by atoms with Crippen LogP contribution in [-0.4, -0.2) is 42.9 Å². The summed E-state index contributed by atoms with van der Waals surface area (Å²) in [6, 6.07) is 4.68. The van der Waals surface area contributed by atoms with E-state index in [2.05, 4.69) is 0 Å². The maximum Gasteiger partial charge on any atom is 0.398 e. The Bertz CT molecular complexity index is 915. The number of hydrogen-bond acceptors (Lipinski definition) is 3. The zero-order valence-electron chi connectivity index (χ0n) is 15.1. The molecule has 0 saturated heterocycles. The third kappa shape index (κ3) is 5.43. The first kappa shape index (κ1) is 22.6. The molecule has 0 aliphatic heterocycles. The number of halogens is 6. The van der Waals surface area contributed by atoms with E-state index >= 15 is 0 Å². The van der Waals surface area contributed by atoms with Gasteiger partial charge in [-0.15, -0.1) is 11.8 Å². The van der Waals surface area contributed by atoms with Crippen LogP contribution < -0.4 is 4.90 Å². The van der Waals surface area contributed by atoms with Crippen molar-refractivity contribution in [1.82, 2.24) is 4.90 Å². The van der Waals surface area contributed by atoms with Crippen molar-refractivity contribution in [3.63, 3.8) is 0 Å². The normalized spacial score (nSPS) is 11.3. The molecule has 0 spiro atoms. The van der Waals surface area contributed by atoms with Crippen LogP contribution in [0.5, 0.6) is 0 Å². The van der Waals surface area contributed by atoms with Crippen molar-refractivity contribution in [2.45, 2.75) is 11.1 Å². The maximum absolute atomic E-state index is 14.3. The highest BCUT2D eigenvalue weighted by atomic mass is 32.2. The fraction of sp³-hybridized carbons (Fsp3) is 0.222. The van der Waals surface area contributed by atoms with Gasteiger partial charge in [-0.25, -0.2) is 18.0 Å². The largest absolute Gasteiger partial charge is 0.398 e. The van der Waals surface area contributed by atoms with Crippen molar-refractivity contribution in [3.8, 4) is 0 Å². The third-order valence-electron chi connectivity index (χ3n) is 3.74. The lowest BCUT2D eigenvalue weighted by atomic mass is 10.1. The number of thioether (sulfide) groups is 1. The summed E-state index contributed by atoms with van der Waals surface area (Å²) in [5.41, 5.74) is -1.28. The quantitative estimate of drug-likeness (QED) is 0.496. The van der Waals surface area contributed by atoms with E-state index < -0.39 is 46.9 Å². The highest BCUT2D eigenvalue weighted by Gasteiger charge is 2.29. The summed E-state index contributed by atoms with van der Waals surface area (Å²) in [6.45, 7) is 0. The molecule has 0 unspecified atom stereocenters. The lowest BCUT2D eigenvalue weighted by molar-refractivity contribution is -0.105. The van der Waals surface area contributed by atoms with Gasteiger partial charge in [0.15, 0.2) is 0 Å². The van der Waals surface area contributed by atoms with Crippen molar-refractivity contribution < 1.29 is 35.9 Å². The summed E-state index contributed by atoms with van der Waals surface area (Å²) >= 11 is 0.366. The van der Waals surface area contributed by atoms with Gasteiger partial charge in [0.2, 0.25) is 0 Å². The van der Waals surface area contributed by atoms with Gasteiger partial charge in [0.05, 0.1) is 11.4 Å². The predicted molar refractivity (Wildman–Crippen MR) is 95.4 cm³/mol. The standard InChI is InChI=1S/C18H14F6N2O2S/c1-25(14-7-6-10(8-13(14)21)29-9-18(22,23)24)17(28)26(2)16(27)15-11(19)4-3-5-12(15)20/h3-8H,9H2,1-2H3. The molecule has 2 rings (SSSR count). The Morgan fingerprint density at radius 3 is 2.07 bits per heavy atom. The van der Waals surface area contributed by atoms with Gasteiger partial charge >= 0.3 is 12.2 Å². The predicted octanol–water partition coefficient (Wildman–Crippen LogP) is 5.09. The molecular formula is C18H14F6N2O2S. The number of urea groups is 1. The molecule has 156 valence electrons. The Morgan fingerprint density at radius 1 is 0.966 bits per heavy atom. The van der Waals surface area contributed by atoms with Crippen LogP contribution in [0.3, 0.4) is 0 Å². The summed E-state index contributed by atoms with van der Waals surface area (Å²) in [6.07, 6.45) is -4.43. The number of benzene rings is 2. The van der Waals surface area contributed by atoms with Crippen molar-refractivity contribution >= 4 is 29.4 Å². The lowest BCUT2D eigenvalue weighted by Crippen LogP contribution is -2.43. The minimum atomic E-state index is -4.43. The number of anilines is 1. The fourth-order valence-electron chi connectivity index (χ4n) is 2.30. The van der Waals surface area contributed by atoms with Crippen LogP contribution in [0.25, 0.3) is 0 Å². The number of amides is 3. The maximum atomic E-state index is 14.3. The second kappa shape index (κ2) is 8.76. The molecule has 3 amide bonds. The molecular weight excluding hydrogens is 422 g/mol. The van der Waals surface area contributed by atoms with Crippen LogP contribution in [0, 0.1) is 17.5 Å². The Kier molecular flexibility index (Phi) is 6.83. The van der Waals surface area contributed by atoms with Crippen LogP contribution in [0.2, 0.25) is 0 Å². The van der Waals surface area contributed by atoms with E-state index in [1.165, 1.54) is 6.07 Å². The van der Waals surface area contributed by atoms with Crippen molar-refractivity contribution in [3.05, 3.63) is 59.4 Å². The van der Waals surface area contributed by atoms with Crippen LogP contribution in [0.4, 0.5) is 36.8 Å². The van der Waals surface area contributed by atoms with E-state index in [-0.39, 0.29) is 10.6 Å². The number of hydrogen-bond donors (Lipinski definition) is 0. The van der Waals surface area contributed by atoms with Gasteiger partial charge in [0.1, 0.15) is 23.0 Å². The van der Waals surface area contributed by atoms with Gasteiger partial charge in [-0.1, -0.05) is 6.07 Å². The summed E-state index contributed by atoms with van der Waals surface area (Å²) in [5, 5.41) is 0. The lowest BCUT2D eigenvalue weighted by Gasteiger charge is -2.24. The van der Waals surface area contributed by atoms with Crippen molar-refractivity contribution in [2.24, 2.45) is 0 Å². The number of nitrogens with zero attached hydrogens (tertiary/aromatic N) is 2. The Balaban J connectivity index is 2.20. The van der Waals surface area contributed by atoms with E-state index in [9.17, 15) is 35.9 Å². The monoisotopic (exact) mass is 436 g/mol. The molecule has 0 fully saturated rings.